The first kappa shape index (κ1) is 33.1. The van der Waals surface area contributed by atoms with E-state index < -0.39 is 5.41 Å². The fourth-order valence-corrected chi connectivity index (χ4v) is 10.3. The Bertz CT molecular complexity index is 3440. The number of hydrogen-bond donors (Lipinski definition) is 0. The molecule has 3 heteroatoms. The van der Waals surface area contributed by atoms with Crippen LogP contribution in [0.25, 0.3) is 65.7 Å². The summed E-state index contributed by atoms with van der Waals surface area (Å²) in [6.07, 6.45) is 0. The lowest BCUT2D eigenvalue weighted by Crippen LogP contribution is -2.32. The van der Waals surface area contributed by atoms with Crippen LogP contribution in [0.2, 0.25) is 0 Å². The topological polar surface area (TPSA) is 25.6 Å². The van der Waals surface area contributed by atoms with Gasteiger partial charge in [0.05, 0.1) is 5.41 Å². The molecule has 2 aliphatic rings. The fraction of sp³-hybridized carbons (Fsp3) is 0.0175. The summed E-state index contributed by atoms with van der Waals surface area (Å²) in [5, 5.41) is 6.75. The number of ether oxygens (including phenoxy) is 1. The van der Waals surface area contributed by atoms with Gasteiger partial charge in [0.2, 0.25) is 0 Å². The molecule has 0 N–H and O–H groups in total. The second-order valence-corrected chi connectivity index (χ2v) is 16.0. The third-order valence-corrected chi connectivity index (χ3v) is 12.9. The van der Waals surface area contributed by atoms with E-state index in [1.54, 1.807) is 0 Å². The van der Waals surface area contributed by atoms with E-state index in [0.29, 0.717) is 0 Å². The van der Waals surface area contributed by atoms with Crippen LogP contribution in [0.15, 0.2) is 217 Å². The number of hydrogen-bond acceptors (Lipinski definition) is 3. The van der Waals surface area contributed by atoms with E-state index in [9.17, 15) is 0 Å². The first-order chi connectivity index (χ1) is 29.7. The summed E-state index contributed by atoms with van der Waals surface area (Å²) in [5.41, 5.74) is 14.0. The van der Waals surface area contributed by atoms with Crippen LogP contribution < -0.4 is 9.64 Å². The molecule has 0 amide bonds. The second-order valence-electron chi connectivity index (χ2n) is 16.0. The highest BCUT2D eigenvalue weighted by Gasteiger charge is 2.52. The predicted molar refractivity (Wildman–Crippen MR) is 246 cm³/mol. The highest BCUT2D eigenvalue weighted by molar-refractivity contribution is 6.07. The van der Waals surface area contributed by atoms with Crippen molar-refractivity contribution in [3.05, 3.63) is 235 Å². The molecule has 1 aliphatic heterocycles. The number of furan rings is 1. The van der Waals surface area contributed by atoms with E-state index in [-0.39, 0.29) is 0 Å². The molecular formula is C57H35NO2. The molecule has 1 spiro atoms. The van der Waals surface area contributed by atoms with Crippen LogP contribution in [0.1, 0.15) is 22.3 Å². The maximum absolute atomic E-state index is 7.18. The zero-order valence-corrected chi connectivity index (χ0v) is 32.5. The number of rotatable bonds is 4. The maximum atomic E-state index is 7.18. The van der Waals surface area contributed by atoms with Gasteiger partial charge < -0.3 is 14.1 Å². The van der Waals surface area contributed by atoms with Crippen molar-refractivity contribution in [2.45, 2.75) is 5.41 Å². The van der Waals surface area contributed by atoms with Gasteiger partial charge in [0, 0.05) is 49.7 Å². The number of para-hydroxylation sites is 1. The van der Waals surface area contributed by atoms with Crippen molar-refractivity contribution in [3.8, 4) is 33.8 Å². The minimum atomic E-state index is -0.613. The lowest BCUT2D eigenvalue weighted by Gasteiger charge is -2.40. The van der Waals surface area contributed by atoms with Gasteiger partial charge in [0.1, 0.15) is 22.7 Å². The molecule has 1 aliphatic carbocycles. The van der Waals surface area contributed by atoms with E-state index in [2.05, 4.69) is 205 Å². The normalized spacial score (nSPS) is 13.3. The molecule has 0 atom stereocenters. The Morgan fingerprint density at radius 1 is 0.333 bits per heavy atom. The van der Waals surface area contributed by atoms with Crippen molar-refractivity contribution in [2.24, 2.45) is 0 Å². The van der Waals surface area contributed by atoms with Gasteiger partial charge in [-0.05, 0) is 92.7 Å². The Kier molecular flexibility index (Phi) is 6.93. The number of fused-ring (bicyclic) bond motifs is 16. The van der Waals surface area contributed by atoms with Gasteiger partial charge in [0.15, 0.2) is 0 Å². The number of anilines is 3. The Balaban J connectivity index is 1.07. The number of nitrogens with zero attached hydrogens (tertiary/aromatic N) is 1. The Morgan fingerprint density at radius 2 is 0.867 bits per heavy atom. The molecule has 0 radical (unpaired) electrons. The van der Waals surface area contributed by atoms with Crippen molar-refractivity contribution in [2.75, 3.05) is 4.90 Å². The Labute approximate surface area is 347 Å². The first-order valence-corrected chi connectivity index (χ1v) is 20.6. The SMILES string of the molecule is c1ccc(-c2ccc(N(c3ccc4c(c3)-c3ccccc3C43c4ccc5ccccc5c4Oc4c3ccc3ccccc43)c3ccc4oc5ccccc5c4c3)cc2)cc1. The van der Waals surface area contributed by atoms with Crippen LogP contribution >= 0.6 is 0 Å². The highest BCUT2D eigenvalue weighted by Crippen LogP contribution is 2.64. The molecule has 10 aromatic carbocycles. The van der Waals surface area contributed by atoms with Crippen LogP contribution in [-0.4, -0.2) is 0 Å². The van der Waals surface area contributed by atoms with E-state index in [4.69, 9.17) is 9.15 Å². The molecule has 0 bridgehead atoms. The molecule has 1 aromatic heterocycles. The van der Waals surface area contributed by atoms with Crippen molar-refractivity contribution >= 4 is 60.5 Å². The van der Waals surface area contributed by atoms with Gasteiger partial charge in [-0.2, -0.15) is 0 Å². The van der Waals surface area contributed by atoms with E-state index >= 15 is 0 Å². The lowest BCUT2D eigenvalue weighted by molar-refractivity contribution is 0.447. The second kappa shape index (κ2) is 12.6. The van der Waals surface area contributed by atoms with Crippen molar-refractivity contribution in [1.29, 1.82) is 0 Å². The van der Waals surface area contributed by atoms with E-state index in [1.807, 2.05) is 12.1 Å². The number of benzene rings is 10. The van der Waals surface area contributed by atoms with Gasteiger partial charge in [-0.1, -0.05) is 164 Å². The molecule has 280 valence electrons. The van der Waals surface area contributed by atoms with Gasteiger partial charge in [-0.15, -0.1) is 0 Å². The maximum Gasteiger partial charge on any atom is 0.140 e. The van der Waals surface area contributed by atoms with Crippen molar-refractivity contribution in [1.82, 2.24) is 0 Å². The van der Waals surface area contributed by atoms with Crippen LogP contribution in [0.5, 0.6) is 11.5 Å². The summed E-state index contributed by atoms with van der Waals surface area (Å²) < 4.78 is 13.5. The fourth-order valence-electron chi connectivity index (χ4n) is 10.3. The van der Waals surface area contributed by atoms with Crippen LogP contribution in [0.4, 0.5) is 17.1 Å². The quantitative estimate of drug-likeness (QED) is 0.178. The Hall–Kier alpha value is -7.88. The molecule has 60 heavy (non-hydrogen) atoms. The van der Waals surface area contributed by atoms with Gasteiger partial charge in [-0.25, -0.2) is 0 Å². The summed E-state index contributed by atoms with van der Waals surface area (Å²) in [6, 6.07) is 76.8. The van der Waals surface area contributed by atoms with E-state index in [1.165, 1.54) is 33.4 Å². The Morgan fingerprint density at radius 3 is 1.62 bits per heavy atom. The molecule has 0 unspecified atom stereocenters. The molecule has 3 nitrogen and oxygen atoms in total. The van der Waals surface area contributed by atoms with E-state index in [0.717, 1.165) is 83.2 Å². The van der Waals surface area contributed by atoms with Crippen LogP contribution in [0, 0.1) is 0 Å². The summed E-state index contributed by atoms with van der Waals surface area (Å²) in [5.74, 6) is 1.84. The molecule has 0 saturated heterocycles. The standard InChI is InChI=1S/C57H35NO2/c1-2-12-36(13-3-1)37-22-26-40(27-23-37)58(42-29-33-54-48(35-42)46-19-9-11-21-53(46)59-54)41-28-32-50-47(34-41)45-18-8-10-20-49(45)57(50)51-30-24-38-14-4-6-16-43(38)55(51)60-56-44-17-7-5-15-39(44)25-31-52(56)57/h1-35H. The van der Waals surface area contributed by atoms with Gasteiger partial charge >= 0.3 is 0 Å². The minimum Gasteiger partial charge on any atom is -0.456 e. The molecule has 0 fully saturated rings. The smallest absolute Gasteiger partial charge is 0.140 e. The summed E-state index contributed by atoms with van der Waals surface area (Å²) in [4.78, 5) is 2.39. The van der Waals surface area contributed by atoms with Gasteiger partial charge in [0.25, 0.3) is 0 Å². The monoisotopic (exact) mass is 765 g/mol. The summed E-state index contributed by atoms with van der Waals surface area (Å²) >= 11 is 0. The molecular weight excluding hydrogens is 731 g/mol. The van der Waals surface area contributed by atoms with Crippen LogP contribution in [0.3, 0.4) is 0 Å². The first-order valence-electron chi connectivity index (χ1n) is 20.6. The zero-order valence-electron chi connectivity index (χ0n) is 32.5. The predicted octanol–water partition coefficient (Wildman–Crippen LogP) is 15.5. The van der Waals surface area contributed by atoms with Crippen molar-refractivity contribution in [3.63, 3.8) is 0 Å². The zero-order chi connectivity index (χ0) is 39.4. The molecule has 2 heterocycles. The highest BCUT2D eigenvalue weighted by atomic mass is 16.5. The van der Waals surface area contributed by atoms with Crippen LogP contribution in [-0.2, 0) is 5.41 Å². The average Bonchev–Trinajstić information content (AvgIpc) is 3.83. The van der Waals surface area contributed by atoms with Gasteiger partial charge in [-0.3, -0.25) is 0 Å². The largest absolute Gasteiger partial charge is 0.456 e. The third-order valence-electron chi connectivity index (χ3n) is 12.9. The van der Waals surface area contributed by atoms with Crippen molar-refractivity contribution < 1.29 is 9.15 Å². The molecule has 11 aromatic rings. The summed E-state index contributed by atoms with van der Waals surface area (Å²) in [7, 11) is 0. The lowest BCUT2D eigenvalue weighted by atomic mass is 9.65. The minimum absolute atomic E-state index is 0.613. The third kappa shape index (κ3) is 4.60. The average molecular weight is 766 g/mol. The molecule has 0 saturated carbocycles. The molecule has 13 rings (SSSR count). The summed E-state index contributed by atoms with van der Waals surface area (Å²) in [6.45, 7) is 0.